The molecule has 0 aromatic carbocycles. The Bertz CT molecular complexity index is 808. The molecule has 0 bridgehead atoms. The molecule has 3 rings (SSSR count). The number of rotatable bonds is 5. The number of amides is 1. The predicted octanol–water partition coefficient (Wildman–Crippen LogP) is 3.39. The maximum atomic E-state index is 12.3. The molecule has 0 aliphatic rings. The van der Waals surface area contributed by atoms with Gasteiger partial charge in [0.2, 0.25) is 0 Å². The number of hydrogen-bond donors (Lipinski definition) is 1. The number of pyridine rings is 1. The van der Waals surface area contributed by atoms with E-state index in [1.165, 1.54) is 11.3 Å². The van der Waals surface area contributed by atoms with Gasteiger partial charge in [-0.25, -0.2) is 4.98 Å². The molecule has 1 amide bonds. The van der Waals surface area contributed by atoms with Crippen molar-refractivity contribution >= 4 is 17.2 Å². The Hall–Kier alpha value is -2.47. The number of aryl methyl sites for hydroxylation is 2. The Balaban J connectivity index is 1.64. The quantitative estimate of drug-likeness (QED) is 0.780. The molecule has 23 heavy (non-hydrogen) atoms. The zero-order chi connectivity index (χ0) is 16.2. The Labute approximate surface area is 138 Å². The SMILES string of the molecule is Cc1ccc(-c2nc(C)c(C(=O)NCCc3cccnc3)s2)o1. The molecule has 6 heteroatoms. The van der Waals surface area contributed by atoms with Crippen molar-refractivity contribution in [1.29, 1.82) is 0 Å². The normalized spacial score (nSPS) is 10.7. The van der Waals surface area contributed by atoms with Crippen LogP contribution in [-0.2, 0) is 6.42 Å². The highest BCUT2D eigenvalue weighted by Gasteiger charge is 2.17. The average Bonchev–Trinajstić information content (AvgIpc) is 3.14. The van der Waals surface area contributed by atoms with Crippen molar-refractivity contribution in [2.24, 2.45) is 0 Å². The number of nitrogens with zero attached hydrogens (tertiary/aromatic N) is 2. The molecule has 0 saturated heterocycles. The molecule has 3 aromatic heterocycles. The smallest absolute Gasteiger partial charge is 0.263 e. The summed E-state index contributed by atoms with van der Waals surface area (Å²) in [6.45, 7) is 4.29. The van der Waals surface area contributed by atoms with Crippen LogP contribution in [0.4, 0.5) is 0 Å². The van der Waals surface area contributed by atoms with Crippen LogP contribution >= 0.6 is 11.3 Å². The third-order valence-electron chi connectivity index (χ3n) is 3.38. The van der Waals surface area contributed by atoms with E-state index in [0.717, 1.165) is 28.4 Å². The maximum absolute atomic E-state index is 12.3. The Morgan fingerprint density at radius 1 is 1.30 bits per heavy atom. The van der Waals surface area contributed by atoms with Crippen molar-refractivity contribution in [3.05, 3.63) is 58.6 Å². The van der Waals surface area contributed by atoms with Gasteiger partial charge in [-0.15, -0.1) is 11.3 Å². The van der Waals surface area contributed by atoms with Crippen LogP contribution in [-0.4, -0.2) is 22.4 Å². The Kier molecular flexibility index (Phi) is 4.52. The van der Waals surface area contributed by atoms with E-state index in [9.17, 15) is 4.79 Å². The van der Waals surface area contributed by atoms with E-state index >= 15 is 0 Å². The highest BCUT2D eigenvalue weighted by atomic mass is 32.1. The van der Waals surface area contributed by atoms with E-state index in [1.807, 2.05) is 38.1 Å². The van der Waals surface area contributed by atoms with Crippen molar-refractivity contribution in [1.82, 2.24) is 15.3 Å². The fourth-order valence-corrected chi connectivity index (χ4v) is 3.15. The molecule has 1 N–H and O–H groups in total. The summed E-state index contributed by atoms with van der Waals surface area (Å²) in [4.78, 5) is 21.4. The van der Waals surface area contributed by atoms with E-state index in [4.69, 9.17) is 4.42 Å². The summed E-state index contributed by atoms with van der Waals surface area (Å²) in [5.41, 5.74) is 1.82. The van der Waals surface area contributed by atoms with Crippen LogP contribution in [0.25, 0.3) is 10.8 Å². The van der Waals surface area contributed by atoms with Gasteiger partial charge in [-0.2, -0.15) is 0 Å². The van der Waals surface area contributed by atoms with Gasteiger partial charge in [-0.05, 0) is 44.0 Å². The van der Waals surface area contributed by atoms with E-state index in [1.54, 1.807) is 12.4 Å². The Morgan fingerprint density at radius 3 is 2.87 bits per heavy atom. The maximum Gasteiger partial charge on any atom is 0.263 e. The van der Waals surface area contributed by atoms with Gasteiger partial charge in [0.1, 0.15) is 10.6 Å². The van der Waals surface area contributed by atoms with Crippen LogP contribution in [0.2, 0.25) is 0 Å². The van der Waals surface area contributed by atoms with Gasteiger partial charge < -0.3 is 9.73 Å². The van der Waals surface area contributed by atoms with Gasteiger partial charge in [0.15, 0.2) is 10.8 Å². The molecule has 0 atom stereocenters. The zero-order valence-electron chi connectivity index (χ0n) is 13.0. The van der Waals surface area contributed by atoms with Crippen molar-refractivity contribution in [3.63, 3.8) is 0 Å². The van der Waals surface area contributed by atoms with Gasteiger partial charge in [-0.1, -0.05) is 6.07 Å². The van der Waals surface area contributed by atoms with E-state index in [0.29, 0.717) is 17.2 Å². The molecule has 0 aliphatic carbocycles. The van der Waals surface area contributed by atoms with Gasteiger partial charge in [0, 0.05) is 18.9 Å². The Morgan fingerprint density at radius 2 is 2.17 bits per heavy atom. The molecule has 0 saturated carbocycles. The first-order valence-corrected chi connectivity index (χ1v) is 8.16. The van der Waals surface area contributed by atoms with Crippen LogP contribution in [0.1, 0.15) is 26.7 Å². The van der Waals surface area contributed by atoms with Crippen LogP contribution < -0.4 is 5.32 Å². The number of carbonyl (C=O) groups is 1. The summed E-state index contributed by atoms with van der Waals surface area (Å²) < 4.78 is 5.57. The molecule has 5 nitrogen and oxygen atoms in total. The molecule has 3 heterocycles. The second-order valence-corrected chi connectivity index (χ2v) is 6.21. The van der Waals surface area contributed by atoms with Crippen molar-refractivity contribution in [3.8, 4) is 10.8 Å². The molecule has 118 valence electrons. The number of nitrogens with one attached hydrogen (secondary N) is 1. The summed E-state index contributed by atoms with van der Waals surface area (Å²) >= 11 is 1.35. The summed E-state index contributed by atoms with van der Waals surface area (Å²) in [6, 6.07) is 7.65. The molecule has 0 aliphatic heterocycles. The third kappa shape index (κ3) is 3.65. The highest BCUT2D eigenvalue weighted by molar-refractivity contribution is 7.17. The number of thiazole rings is 1. The third-order valence-corrected chi connectivity index (χ3v) is 4.55. The molecule has 0 unspecified atom stereocenters. The minimum Gasteiger partial charge on any atom is -0.459 e. The lowest BCUT2D eigenvalue weighted by molar-refractivity contribution is 0.0957. The molecule has 0 radical (unpaired) electrons. The van der Waals surface area contributed by atoms with Crippen LogP contribution in [0.5, 0.6) is 0 Å². The molecular formula is C17H17N3O2S. The van der Waals surface area contributed by atoms with Crippen molar-refractivity contribution < 1.29 is 9.21 Å². The van der Waals surface area contributed by atoms with Crippen molar-refractivity contribution in [2.45, 2.75) is 20.3 Å². The topological polar surface area (TPSA) is 68.0 Å². The number of furan rings is 1. The summed E-state index contributed by atoms with van der Waals surface area (Å²) in [6.07, 6.45) is 4.30. The standard InChI is InChI=1S/C17H17N3O2S/c1-11-5-6-14(22-11)17-20-12(2)15(23-17)16(21)19-9-7-13-4-3-8-18-10-13/h3-6,8,10H,7,9H2,1-2H3,(H,19,21). The van der Waals surface area contributed by atoms with Crippen molar-refractivity contribution in [2.75, 3.05) is 6.54 Å². The monoisotopic (exact) mass is 327 g/mol. The lowest BCUT2D eigenvalue weighted by Crippen LogP contribution is -2.25. The average molecular weight is 327 g/mol. The van der Waals surface area contributed by atoms with E-state index in [-0.39, 0.29) is 5.91 Å². The molecule has 3 aromatic rings. The summed E-state index contributed by atoms with van der Waals surface area (Å²) in [5.74, 6) is 1.43. The van der Waals surface area contributed by atoms with Crippen LogP contribution in [0.3, 0.4) is 0 Å². The fraction of sp³-hybridized carbons (Fsp3) is 0.235. The molecule has 0 fully saturated rings. The minimum absolute atomic E-state index is 0.0987. The molecule has 0 spiro atoms. The number of hydrogen-bond acceptors (Lipinski definition) is 5. The second-order valence-electron chi connectivity index (χ2n) is 5.21. The summed E-state index contributed by atoms with van der Waals surface area (Å²) in [7, 11) is 0. The largest absolute Gasteiger partial charge is 0.459 e. The fourth-order valence-electron chi connectivity index (χ4n) is 2.21. The van der Waals surface area contributed by atoms with Gasteiger partial charge in [0.05, 0.1) is 5.69 Å². The van der Waals surface area contributed by atoms with E-state index < -0.39 is 0 Å². The second kappa shape index (κ2) is 6.75. The van der Waals surface area contributed by atoms with Gasteiger partial charge >= 0.3 is 0 Å². The van der Waals surface area contributed by atoms with Gasteiger partial charge in [-0.3, -0.25) is 9.78 Å². The van der Waals surface area contributed by atoms with Crippen LogP contribution in [0, 0.1) is 13.8 Å². The van der Waals surface area contributed by atoms with E-state index in [2.05, 4.69) is 15.3 Å². The highest BCUT2D eigenvalue weighted by Crippen LogP contribution is 2.29. The molecular weight excluding hydrogens is 310 g/mol. The first kappa shape index (κ1) is 15.4. The zero-order valence-corrected chi connectivity index (χ0v) is 13.8. The first-order valence-electron chi connectivity index (χ1n) is 7.35. The lowest BCUT2D eigenvalue weighted by atomic mass is 10.2. The first-order chi connectivity index (χ1) is 11.1. The summed E-state index contributed by atoms with van der Waals surface area (Å²) in [5, 5.41) is 3.66. The van der Waals surface area contributed by atoms with Gasteiger partial charge in [0.25, 0.3) is 5.91 Å². The lowest BCUT2D eigenvalue weighted by Gasteiger charge is -2.03. The number of aromatic nitrogens is 2. The predicted molar refractivity (Wildman–Crippen MR) is 89.6 cm³/mol. The number of carbonyl (C=O) groups excluding carboxylic acids is 1. The minimum atomic E-state index is -0.0987. The van der Waals surface area contributed by atoms with Crippen LogP contribution in [0.15, 0.2) is 41.1 Å².